The Labute approximate surface area is 67.2 Å². The Morgan fingerprint density at radius 1 is 1.73 bits per heavy atom. The number of aliphatic hydroxyl groups is 2. The molecule has 0 saturated heterocycles. The fourth-order valence-electron chi connectivity index (χ4n) is 1.82. The van der Waals surface area contributed by atoms with Gasteiger partial charge in [0.25, 0.3) is 0 Å². The largest absolute Gasteiger partial charge is 0.395 e. The van der Waals surface area contributed by atoms with Crippen LogP contribution in [0.4, 0.5) is 0 Å². The summed E-state index contributed by atoms with van der Waals surface area (Å²) in [6.45, 7) is 1.94. The van der Waals surface area contributed by atoms with Gasteiger partial charge in [0.1, 0.15) is 0 Å². The average Bonchev–Trinajstić information content (AvgIpc) is 2.27. The summed E-state index contributed by atoms with van der Waals surface area (Å²) in [5.41, 5.74) is -0.653. The first-order valence-corrected chi connectivity index (χ1v) is 3.91. The minimum absolute atomic E-state index is 0.102. The molecule has 11 heavy (non-hydrogen) atoms. The lowest BCUT2D eigenvalue weighted by Gasteiger charge is -2.23. The van der Waals surface area contributed by atoms with E-state index in [2.05, 4.69) is 5.92 Å². The lowest BCUT2D eigenvalue weighted by Crippen LogP contribution is -2.31. The lowest BCUT2D eigenvalue weighted by atomic mass is 9.85. The van der Waals surface area contributed by atoms with E-state index in [1.807, 2.05) is 6.92 Å². The Morgan fingerprint density at radius 2 is 2.36 bits per heavy atom. The van der Waals surface area contributed by atoms with Gasteiger partial charge in [-0.05, 0) is 18.8 Å². The van der Waals surface area contributed by atoms with Crippen LogP contribution in [0.1, 0.15) is 19.8 Å². The number of terminal acetylenes is 1. The smallest absolute Gasteiger partial charge is 0.0802 e. The maximum Gasteiger partial charge on any atom is 0.0802 e. The second-order valence-electron chi connectivity index (χ2n) is 3.52. The third-order valence-electron chi connectivity index (χ3n) is 2.55. The molecule has 0 amide bonds. The van der Waals surface area contributed by atoms with Crippen molar-refractivity contribution in [3.8, 4) is 12.3 Å². The minimum atomic E-state index is -0.653. The van der Waals surface area contributed by atoms with E-state index in [-0.39, 0.29) is 6.61 Å². The molecule has 0 aromatic carbocycles. The molecule has 1 saturated carbocycles. The van der Waals surface area contributed by atoms with Crippen molar-refractivity contribution < 1.29 is 10.2 Å². The topological polar surface area (TPSA) is 40.5 Å². The molecule has 1 fully saturated rings. The van der Waals surface area contributed by atoms with Crippen LogP contribution >= 0.6 is 0 Å². The Kier molecular flexibility index (Phi) is 2.22. The average molecular weight is 154 g/mol. The Hall–Kier alpha value is -0.520. The third-order valence-corrected chi connectivity index (χ3v) is 2.55. The zero-order valence-corrected chi connectivity index (χ0v) is 6.75. The molecule has 2 heteroatoms. The molecule has 0 heterocycles. The maximum atomic E-state index is 9.51. The summed E-state index contributed by atoms with van der Waals surface area (Å²) >= 11 is 0. The van der Waals surface area contributed by atoms with Gasteiger partial charge in [-0.15, -0.1) is 6.42 Å². The molecule has 0 unspecified atom stereocenters. The molecule has 0 radical (unpaired) electrons. The van der Waals surface area contributed by atoms with Gasteiger partial charge in [0, 0.05) is 0 Å². The molecule has 0 aromatic rings. The second kappa shape index (κ2) is 2.84. The summed E-state index contributed by atoms with van der Waals surface area (Å²) in [7, 11) is 0. The maximum absolute atomic E-state index is 9.51. The van der Waals surface area contributed by atoms with Gasteiger partial charge < -0.3 is 10.2 Å². The zero-order valence-electron chi connectivity index (χ0n) is 6.75. The van der Waals surface area contributed by atoms with Crippen LogP contribution in [0.5, 0.6) is 0 Å². The van der Waals surface area contributed by atoms with Crippen molar-refractivity contribution in [1.82, 2.24) is 0 Å². The van der Waals surface area contributed by atoms with Gasteiger partial charge in [-0.2, -0.15) is 0 Å². The van der Waals surface area contributed by atoms with E-state index in [9.17, 15) is 5.11 Å². The van der Waals surface area contributed by atoms with Crippen molar-refractivity contribution >= 4 is 0 Å². The van der Waals surface area contributed by atoms with Crippen LogP contribution < -0.4 is 0 Å². The van der Waals surface area contributed by atoms with Crippen LogP contribution in [0.25, 0.3) is 0 Å². The Bertz CT molecular complexity index is 182. The van der Waals surface area contributed by atoms with Gasteiger partial charge in [0.15, 0.2) is 0 Å². The first-order valence-electron chi connectivity index (χ1n) is 3.91. The molecule has 0 aliphatic heterocycles. The number of aliphatic hydroxyl groups excluding tert-OH is 2. The summed E-state index contributed by atoms with van der Waals surface area (Å²) in [6.07, 6.45) is 6.19. The highest BCUT2D eigenvalue weighted by atomic mass is 16.3. The number of hydrogen-bond acceptors (Lipinski definition) is 2. The monoisotopic (exact) mass is 154 g/mol. The number of rotatable bonds is 1. The highest BCUT2D eigenvalue weighted by molar-refractivity contribution is 5.13. The van der Waals surface area contributed by atoms with E-state index in [0.29, 0.717) is 12.3 Å². The lowest BCUT2D eigenvalue weighted by molar-refractivity contribution is 0.0475. The van der Waals surface area contributed by atoms with E-state index < -0.39 is 11.5 Å². The molecule has 1 rings (SSSR count). The number of hydrogen-bond donors (Lipinski definition) is 2. The highest BCUT2D eigenvalue weighted by Gasteiger charge is 2.43. The van der Waals surface area contributed by atoms with Crippen LogP contribution in [0.2, 0.25) is 0 Å². The fraction of sp³-hybridized carbons (Fsp3) is 0.778. The van der Waals surface area contributed by atoms with Crippen LogP contribution in [-0.2, 0) is 0 Å². The first kappa shape index (κ1) is 8.58. The molecule has 2 nitrogen and oxygen atoms in total. The van der Waals surface area contributed by atoms with Crippen molar-refractivity contribution in [3.05, 3.63) is 0 Å². The van der Waals surface area contributed by atoms with Crippen molar-refractivity contribution in [2.24, 2.45) is 11.3 Å². The molecule has 0 spiro atoms. The minimum Gasteiger partial charge on any atom is -0.395 e. The Balaban J connectivity index is 2.78. The standard InChI is InChI=1S/C9H14O2/c1-3-9(6-10)5-7(2)4-8(9)11/h1,7-8,10-11H,4-6H2,2H3/t7-,8-,9+/m0/s1. The fourth-order valence-corrected chi connectivity index (χ4v) is 1.82. The van der Waals surface area contributed by atoms with Crippen LogP contribution in [0.3, 0.4) is 0 Å². The van der Waals surface area contributed by atoms with Crippen molar-refractivity contribution in [2.45, 2.75) is 25.9 Å². The second-order valence-corrected chi connectivity index (χ2v) is 3.52. The predicted octanol–water partition coefficient (Wildman–Crippen LogP) is 0.389. The third kappa shape index (κ3) is 1.26. The van der Waals surface area contributed by atoms with E-state index in [4.69, 9.17) is 11.5 Å². The van der Waals surface area contributed by atoms with Gasteiger partial charge >= 0.3 is 0 Å². The molecule has 0 bridgehead atoms. The van der Waals surface area contributed by atoms with E-state index in [1.54, 1.807) is 0 Å². The van der Waals surface area contributed by atoms with Gasteiger partial charge in [-0.25, -0.2) is 0 Å². The van der Waals surface area contributed by atoms with Gasteiger partial charge in [-0.3, -0.25) is 0 Å². The van der Waals surface area contributed by atoms with E-state index in [1.165, 1.54) is 0 Å². The van der Waals surface area contributed by atoms with E-state index >= 15 is 0 Å². The molecule has 1 aliphatic carbocycles. The normalized spacial score (nSPS) is 43.8. The highest BCUT2D eigenvalue weighted by Crippen LogP contribution is 2.40. The molecular formula is C9H14O2. The summed E-state index contributed by atoms with van der Waals surface area (Å²) < 4.78 is 0. The predicted molar refractivity (Wildman–Crippen MR) is 42.8 cm³/mol. The molecule has 2 N–H and O–H groups in total. The van der Waals surface area contributed by atoms with Crippen LogP contribution in [-0.4, -0.2) is 22.9 Å². The molecule has 1 aliphatic rings. The van der Waals surface area contributed by atoms with Crippen LogP contribution in [0, 0.1) is 23.7 Å². The van der Waals surface area contributed by atoms with Gasteiger partial charge in [0.05, 0.1) is 18.1 Å². The molecular weight excluding hydrogens is 140 g/mol. The van der Waals surface area contributed by atoms with Gasteiger partial charge in [0.2, 0.25) is 0 Å². The van der Waals surface area contributed by atoms with Crippen LogP contribution in [0.15, 0.2) is 0 Å². The summed E-state index contributed by atoms with van der Waals surface area (Å²) in [4.78, 5) is 0. The first-order chi connectivity index (χ1) is 5.14. The quantitative estimate of drug-likeness (QED) is 0.536. The molecule has 62 valence electrons. The molecule has 0 aromatic heterocycles. The molecule has 3 atom stereocenters. The summed E-state index contributed by atoms with van der Waals surface area (Å²) in [5.74, 6) is 2.93. The van der Waals surface area contributed by atoms with Crippen molar-refractivity contribution in [3.63, 3.8) is 0 Å². The summed E-state index contributed by atoms with van der Waals surface area (Å²) in [5, 5.41) is 18.5. The summed E-state index contributed by atoms with van der Waals surface area (Å²) in [6, 6.07) is 0. The van der Waals surface area contributed by atoms with Crippen molar-refractivity contribution in [1.29, 1.82) is 0 Å². The zero-order chi connectivity index (χ0) is 8.48. The Morgan fingerprint density at radius 3 is 2.55 bits per heavy atom. The van der Waals surface area contributed by atoms with Gasteiger partial charge in [-0.1, -0.05) is 12.8 Å². The van der Waals surface area contributed by atoms with E-state index in [0.717, 1.165) is 6.42 Å². The SMILES string of the molecule is C#C[C@]1(CO)C[C@@H](C)C[C@@H]1O. The van der Waals surface area contributed by atoms with Crippen molar-refractivity contribution in [2.75, 3.05) is 6.61 Å².